The van der Waals surface area contributed by atoms with Crippen LogP contribution in [0.1, 0.15) is 5.56 Å². The van der Waals surface area contributed by atoms with Gasteiger partial charge in [0.2, 0.25) is 0 Å². The van der Waals surface area contributed by atoms with Gasteiger partial charge in [0.05, 0.1) is 17.5 Å². The summed E-state index contributed by atoms with van der Waals surface area (Å²) < 4.78 is 14.8. The molecule has 1 aromatic heterocycles. The summed E-state index contributed by atoms with van der Waals surface area (Å²) in [4.78, 5) is 0. The average molecular weight is 272 g/mol. The zero-order chi connectivity index (χ0) is 14.0. The van der Waals surface area contributed by atoms with E-state index in [-0.39, 0.29) is 5.82 Å². The molecule has 2 nitrogen and oxygen atoms in total. The van der Waals surface area contributed by atoms with Crippen LogP contribution >= 0.6 is 0 Å². The molecule has 0 aliphatic heterocycles. The molecule has 98 valence electrons. The van der Waals surface area contributed by atoms with E-state index in [4.69, 9.17) is 0 Å². The fraction of sp³-hybridized carbons (Fsp3) is 0.267. The van der Waals surface area contributed by atoms with Gasteiger partial charge in [-0.25, -0.2) is 4.39 Å². The second-order valence-corrected chi connectivity index (χ2v) is 10.3. The van der Waals surface area contributed by atoms with Crippen molar-refractivity contribution in [3.63, 3.8) is 0 Å². The summed E-state index contributed by atoms with van der Waals surface area (Å²) in [6, 6.07) is 6.42. The molecule has 0 unspecified atom stereocenters. The molecule has 0 spiro atoms. The second-order valence-electron chi connectivity index (χ2n) is 5.54. The van der Waals surface area contributed by atoms with Gasteiger partial charge in [-0.3, -0.25) is 4.68 Å². The molecule has 0 N–H and O–H groups in total. The Kier molecular flexibility index (Phi) is 3.58. The maximum atomic E-state index is 13.0. The van der Waals surface area contributed by atoms with Crippen molar-refractivity contribution in [3.8, 4) is 22.7 Å². The van der Waals surface area contributed by atoms with E-state index < -0.39 is 8.07 Å². The van der Waals surface area contributed by atoms with Crippen molar-refractivity contribution in [2.45, 2.75) is 19.6 Å². The lowest BCUT2D eigenvalue weighted by molar-refractivity contribution is 0.628. The van der Waals surface area contributed by atoms with Crippen molar-refractivity contribution in [2.75, 3.05) is 0 Å². The number of aryl methyl sites for hydroxylation is 1. The number of hydrogen-bond acceptors (Lipinski definition) is 1. The first kappa shape index (κ1) is 13.6. The predicted octanol–water partition coefficient (Wildman–Crippen LogP) is 3.46. The van der Waals surface area contributed by atoms with Crippen LogP contribution in [-0.2, 0) is 7.05 Å². The van der Waals surface area contributed by atoms with Crippen LogP contribution in [0, 0.1) is 17.3 Å². The molecule has 0 aliphatic rings. The highest BCUT2D eigenvalue weighted by Crippen LogP contribution is 2.22. The summed E-state index contributed by atoms with van der Waals surface area (Å²) in [6.45, 7) is 6.61. The summed E-state index contributed by atoms with van der Waals surface area (Å²) in [5.41, 5.74) is 6.10. The Balaban J connectivity index is 2.48. The van der Waals surface area contributed by atoms with Crippen molar-refractivity contribution in [2.24, 2.45) is 7.05 Å². The van der Waals surface area contributed by atoms with Crippen molar-refractivity contribution in [1.29, 1.82) is 0 Å². The minimum Gasteiger partial charge on any atom is -0.267 e. The molecule has 19 heavy (non-hydrogen) atoms. The van der Waals surface area contributed by atoms with Gasteiger partial charge in [-0.2, -0.15) is 5.10 Å². The molecule has 0 saturated carbocycles. The van der Waals surface area contributed by atoms with Crippen LogP contribution in [0.2, 0.25) is 19.6 Å². The van der Waals surface area contributed by atoms with Crippen LogP contribution < -0.4 is 0 Å². The fourth-order valence-corrected chi connectivity index (χ4v) is 2.24. The Hall–Kier alpha value is -1.86. The number of rotatable bonds is 1. The molecule has 0 radical (unpaired) electrons. The zero-order valence-electron chi connectivity index (χ0n) is 11.7. The molecular weight excluding hydrogens is 255 g/mol. The van der Waals surface area contributed by atoms with Crippen LogP contribution in [-0.4, -0.2) is 17.9 Å². The number of hydrogen-bond donors (Lipinski definition) is 0. The molecule has 0 fully saturated rings. The van der Waals surface area contributed by atoms with Gasteiger partial charge in [-0.15, -0.1) is 5.54 Å². The van der Waals surface area contributed by atoms with Gasteiger partial charge in [0, 0.05) is 12.6 Å². The lowest BCUT2D eigenvalue weighted by Crippen LogP contribution is -2.16. The highest BCUT2D eigenvalue weighted by Gasteiger charge is 2.11. The second kappa shape index (κ2) is 5.02. The largest absolute Gasteiger partial charge is 0.267 e. The Morgan fingerprint density at radius 2 is 1.79 bits per heavy atom. The number of nitrogens with zero attached hydrogens (tertiary/aromatic N) is 2. The molecule has 0 bridgehead atoms. The van der Waals surface area contributed by atoms with Crippen molar-refractivity contribution >= 4 is 8.07 Å². The number of aromatic nitrogens is 2. The SMILES string of the molecule is Cn1ncc(C#C[Si](C)(C)C)c1-c1ccc(F)cc1. The Morgan fingerprint density at radius 1 is 1.16 bits per heavy atom. The smallest absolute Gasteiger partial charge is 0.129 e. The van der Waals surface area contributed by atoms with E-state index in [0.29, 0.717) is 0 Å². The summed E-state index contributed by atoms with van der Waals surface area (Å²) >= 11 is 0. The maximum absolute atomic E-state index is 13.0. The monoisotopic (exact) mass is 272 g/mol. The topological polar surface area (TPSA) is 17.8 Å². The molecule has 2 rings (SSSR count). The van der Waals surface area contributed by atoms with Crippen LogP contribution in [0.3, 0.4) is 0 Å². The van der Waals surface area contributed by atoms with Gasteiger partial charge in [0.1, 0.15) is 13.9 Å². The zero-order valence-corrected chi connectivity index (χ0v) is 12.7. The van der Waals surface area contributed by atoms with Gasteiger partial charge < -0.3 is 0 Å². The van der Waals surface area contributed by atoms with E-state index in [9.17, 15) is 4.39 Å². The van der Waals surface area contributed by atoms with Crippen molar-refractivity contribution in [1.82, 2.24) is 9.78 Å². The normalized spacial score (nSPS) is 11.0. The van der Waals surface area contributed by atoms with Crippen molar-refractivity contribution < 1.29 is 4.39 Å². The maximum Gasteiger partial charge on any atom is 0.129 e. The lowest BCUT2D eigenvalue weighted by atomic mass is 10.1. The van der Waals surface area contributed by atoms with Gasteiger partial charge in [-0.05, 0) is 24.3 Å². The molecule has 0 saturated heterocycles. The summed E-state index contributed by atoms with van der Waals surface area (Å²) in [5.74, 6) is 2.99. The van der Waals surface area contributed by atoms with Crippen LogP contribution in [0.4, 0.5) is 4.39 Å². The van der Waals surface area contributed by atoms with Gasteiger partial charge >= 0.3 is 0 Å². The van der Waals surface area contributed by atoms with E-state index in [2.05, 4.69) is 36.2 Å². The van der Waals surface area contributed by atoms with Gasteiger partial charge in [0.15, 0.2) is 0 Å². The minimum absolute atomic E-state index is 0.236. The third-order valence-electron chi connectivity index (χ3n) is 2.63. The minimum atomic E-state index is -1.42. The third-order valence-corrected chi connectivity index (χ3v) is 3.50. The summed E-state index contributed by atoms with van der Waals surface area (Å²) in [6.07, 6.45) is 1.77. The third kappa shape index (κ3) is 3.33. The van der Waals surface area contributed by atoms with Gasteiger partial charge in [-0.1, -0.05) is 25.6 Å². The van der Waals surface area contributed by atoms with Crippen molar-refractivity contribution in [3.05, 3.63) is 41.8 Å². The van der Waals surface area contributed by atoms with Crippen LogP contribution in [0.25, 0.3) is 11.3 Å². The Labute approximate surface area is 114 Å². The van der Waals surface area contributed by atoms with E-state index in [1.807, 2.05) is 7.05 Å². The quantitative estimate of drug-likeness (QED) is 0.574. The van der Waals surface area contributed by atoms with Crippen LogP contribution in [0.15, 0.2) is 30.5 Å². The first-order valence-electron chi connectivity index (χ1n) is 6.18. The van der Waals surface area contributed by atoms with E-state index in [1.54, 1.807) is 23.0 Å². The molecular formula is C15H17FN2Si. The molecule has 4 heteroatoms. The standard InChI is InChI=1S/C15H17FN2Si/c1-18-15(12-5-7-14(16)8-6-12)13(11-17-18)9-10-19(2,3)4/h5-8,11H,1-4H3. The fourth-order valence-electron chi connectivity index (χ4n) is 1.73. The molecule has 0 atom stereocenters. The van der Waals surface area contributed by atoms with E-state index in [0.717, 1.165) is 16.8 Å². The summed E-state index contributed by atoms with van der Waals surface area (Å²) in [5, 5.41) is 4.25. The van der Waals surface area contributed by atoms with E-state index >= 15 is 0 Å². The highest BCUT2D eigenvalue weighted by molar-refractivity contribution is 6.83. The summed E-state index contributed by atoms with van der Waals surface area (Å²) in [7, 11) is 0.452. The lowest BCUT2D eigenvalue weighted by Gasteiger charge is -2.05. The first-order chi connectivity index (χ1) is 8.87. The molecule has 2 aromatic rings. The molecule has 1 aromatic carbocycles. The first-order valence-corrected chi connectivity index (χ1v) is 9.68. The highest BCUT2D eigenvalue weighted by atomic mass is 28.3. The Morgan fingerprint density at radius 3 is 2.37 bits per heavy atom. The predicted molar refractivity (Wildman–Crippen MR) is 78.8 cm³/mol. The molecule has 0 amide bonds. The van der Waals surface area contributed by atoms with E-state index in [1.165, 1.54) is 12.1 Å². The van der Waals surface area contributed by atoms with Gasteiger partial charge in [0.25, 0.3) is 0 Å². The molecule has 0 aliphatic carbocycles. The number of benzene rings is 1. The molecule has 1 heterocycles. The van der Waals surface area contributed by atoms with Crippen LogP contribution in [0.5, 0.6) is 0 Å². The average Bonchev–Trinajstić information content (AvgIpc) is 2.68. The number of halogens is 1. The Bertz CT molecular complexity index is 640.